The van der Waals surface area contributed by atoms with Gasteiger partial charge in [0.2, 0.25) is 0 Å². The standard InChI is InChI=1S/C43H43F3N6O4/c1-27-37(43(55)52(32-8-10-35(53)11-9-32)33-20-29-13-14-48(2)41(29)47-23-33)22-39(50(27)26-40(45)46)38-21-31(44)7-12-36(38)42(54)51-24-30-6-4-3-5-28(30)19-34(51)25-49-15-17-56-18-16-49/h3-13,21-23,34,40,53H,14-20,24-26H2,1-2H3/t34-/m0/s1. The minimum Gasteiger partial charge on any atom is -0.508 e. The van der Waals surface area contributed by atoms with Crippen molar-refractivity contribution in [1.29, 1.82) is 0 Å². The number of carbonyl (C=O) groups is 2. The molecule has 4 aromatic rings. The van der Waals surface area contributed by atoms with Crippen LogP contribution in [-0.2, 0) is 24.2 Å². The van der Waals surface area contributed by atoms with Crippen molar-refractivity contribution in [2.45, 2.75) is 45.3 Å². The molecule has 1 saturated heterocycles. The number of ether oxygens (including phenoxy) is 1. The van der Waals surface area contributed by atoms with Crippen molar-refractivity contribution in [3.8, 4) is 17.0 Å². The molecule has 1 N–H and O–H groups in total. The number of fused-ring (bicyclic) bond motifs is 2. The highest BCUT2D eigenvalue weighted by molar-refractivity contribution is 6.11. The molecule has 290 valence electrons. The van der Waals surface area contributed by atoms with Gasteiger partial charge < -0.3 is 24.2 Å². The van der Waals surface area contributed by atoms with E-state index in [4.69, 9.17) is 4.74 Å². The number of aliphatic imine (C=N–C) groups is 1. The lowest BCUT2D eigenvalue weighted by atomic mass is 9.92. The van der Waals surface area contributed by atoms with Crippen LogP contribution >= 0.6 is 0 Å². The van der Waals surface area contributed by atoms with E-state index in [0.717, 1.165) is 35.6 Å². The van der Waals surface area contributed by atoms with Crippen LogP contribution in [0.3, 0.4) is 0 Å². The number of hydrogen-bond acceptors (Lipinski definition) is 7. The number of amides is 2. The summed E-state index contributed by atoms with van der Waals surface area (Å²) in [5.74, 6) is -0.719. The zero-order chi connectivity index (χ0) is 39.1. The number of nitrogens with zero attached hydrogens (tertiary/aromatic N) is 6. The molecule has 0 radical (unpaired) electrons. The molecule has 56 heavy (non-hydrogen) atoms. The molecular formula is C43H43F3N6O4. The minimum absolute atomic E-state index is 0.00781. The van der Waals surface area contributed by atoms with E-state index in [1.807, 2.05) is 36.2 Å². The maximum Gasteiger partial charge on any atom is 0.264 e. The number of allylic oxidation sites excluding steroid dienone is 1. The van der Waals surface area contributed by atoms with E-state index in [1.54, 1.807) is 30.2 Å². The first-order valence-corrected chi connectivity index (χ1v) is 18.8. The summed E-state index contributed by atoms with van der Waals surface area (Å²) in [6, 6.07) is 19.2. The van der Waals surface area contributed by atoms with Crippen LogP contribution in [0.4, 0.5) is 18.9 Å². The average Bonchev–Trinajstić information content (AvgIpc) is 3.73. The largest absolute Gasteiger partial charge is 0.508 e. The second-order valence-corrected chi connectivity index (χ2v) is 14.7. The fourth-order valence-electron chi connectivity index (χ4n) is 8.25. The Kier molecular flexibility index (Phi) is 10.3. The van der Waals surface area contributed by atoms with E-state index < -0.39 is 24.7 Å². The highest BCUT2D eigenvalue weighted by Crippen LogP contribution is 2.37. The van der Waals surface area contributed by atoms with Crippen molar-refractivity contribution in [3.63, 3.8) is 0 Å². The van der Waals surface area contributed by atoms with E-state index >= 15 is 4.39 Å². The SMILES string of the molecule is Cc1c(C(=O)N(C2=CN=C3C(=CCN3C)C2)c2ccc(O)cc2)cc(-c2cc(F)ccc2C(=O)N2Cc3ccccc3C[C@H]2CN2CCOCC2)n1CC(F)F. The Labute approximate surface area is 323 Å². The number of morpholine rings is 1. The van der Waals surface area contributed by atoms with Gasteiger partial charge in [-0.15, -0.1) is 0 Å². The Morgan fingerprint density at radius 3 is 2.50 bits per heavy atom. The molecular weight excluding hydrogens is 722 g/mol. The molecule has 1 aromatic heterocycles. The van der Waals surface area contributed by atoms with Crippen LogP contribution in [0.5, 0.6) is 5.75 Å². The smallest absolute Gasteiger partial charge is 0.264 e. The highest BCUT2D eigenvalue weighted by atomic mass is 19.3. The molecule has 13 heteroatoms. The summed E-state index contributed by atoms with van der Waals surface area (Å²) in [5.41, 5.74) is 4.81. The van der Waals surface area contributed by atoms with Crippen LogP contribution < -0.4 is 4.90 Å². The molecule has 2 amide bonds. The zero-order valence-electron chi connectivity index (χ0n) is 31.3. The Hall–Kier alpha value is -5.66. The molecule has 3 aromatic carbocycles. The average molecular weight is 765 g/mol. The maximum atomic E-state index is 15.3. The molecule has 0 spiro atoms. The van der Waals surface area contributed by atoms with Gasteiger partial charge in [0.25, 0.3) is 18.2 Å². The van der Waals surface area contributed by atoms with Gasteiger partial charge >= 0.3 is 0 Å². The molecule has 4 aliphatic rings. The molecule has 1 fully saturated rings. The zero-order valence-corrected chi connectivity index (χ0v) is 31.3. The monoisotopic (exact) mass is 764 g/mol. The van der Waals surface area contributed by atoms with Crippen LogP contribution in [-0.4, -0.2) is 101 Å². The third-order valence-electron chi connectivity index (χ3n) is 11.2. The van der Waals surface area contributed by atoms with Crippen LogP contribution in [0.1, 0.15) is 44.0 Å². The van der Waals surface area contributed by atoms with Gasteiger partial charge in [-0.25, -0.2) is 18.2 Å². The number of phenols is 1. The van der Waals surface area contributed by atoms with Gasteiger partial charge in [0, 0.05) is 86.6 Å². The molecule has 8 rings (SSSR count). The van der Waals surface area contributed by atoms with Gasteiger partial charge in [-0.2, -0.15) is 0 Å². The summed E-state index contributed by atoms with van der Waals surface area (Å²) in [6.07, 6.45) is 1.85. The van der Waals surface area contributed by atoms with E-state index in [1.165, 1.54) is 45.9 Å². The number of carbonyl (C=O) groups excluding carboxylic acids is 2. The maximum absolute atomic E-state index is 15.3. The van der Waals surface area contributed by atoms with Crippen LogP contribution in [0, 0.1) is 12.7 Å². The van der Waals surface area contributed by atoms with Crippen molar-refractivity contribution < 1.29 is 32.6 Å². The van der Waals surface area contributed by atoms with Crippen LogP contribution in [0.2, 0.25) is 0 Å². The van der Waals surface area contributed by atoms with E-state index in [-0.39, 0.29) is 45.8 Å². The Morgan fingerprint density at radius 1 is 1.00 bits per heavy atom. The number of alkyl halides is 2. The van der Waals surface area contributed by atoms with Gasteiger partial charge in [-0.3, -0.25) is 19.4 Å². The van der Waals surface area contributed by atoms with Gasteiger partial charge in [-0.05, 0) is 78.6 Å². The topological polar surface area (TPSA) is 93.8 Å². The van der Waals surface area contributed by atoms with Crippen LogP contribution in [0.25, 0.3) is 11.3 Å². The molecule has 0 unspecified atom stereocenters. The Morgan fingerprint density at radius 2 is 1.75 bits per heavy atom. The number of halogens is 3. The van der Waals surface area contributed by atoms with Gasteiger partial charge in [0.15, 0.2) is 0 Å². The summed E-state index contributed by atoms with van der Waals surface area (Å²) in [5, 5.41) is 10.1. The number of rotatable bonds is 9. The second-order valence-electron chi connectivity index (χ2n) is 14.7. The fourth-order valence-corrected chi connectivity index (χ4v) is 8.25. The second kappa shape index (κ2) is 15.5. The number of phenolic OH excluding ortho intramolecular Hbond substituents is 1. The molecule has 0 aliphatic carbocycles. The van der Waals surface area contributed by atoms with Gasteiger partial charge in [0.1, 0.15) is 17.4 Å². The summed E-state index contributed by atoms with van der Waals surface area (Å²) in [4.78, 5) is 41.9. The predicted molar refractivity (Wildman–Crippen MR) is 207 cm³/mol. The lowest BCUT2D eigenvalue weighted by Gasteiger charge is -2.40. The molecule has 5 heterocycles. The van der Waals surface area contributed by atoms with Gasteiger partial charge in [-0.1, -0.05) is 30.3 Å². The Bertz CT molecular complexity index is 2260. The number of amidine groups is 1. The fraction of sp³-hybridized carbons (Fsp3) is 0.326. The third-order valence-corrected chi connectivity index (χ3v) is 11.2. The third kappa shape index (κ3) is 7.24. The number of aromatic nitrogens is 1. The summed E-state index contributed by atoms with van der Waals surface area (Å²) < 4.78 is 51.0. The minimum atomic E-state index is -2.82. The van der Waals surface area contributed by atoms with E-state index in [0.29, 0.717) is 57.1 Å². The van der Waals surface area contributed by atoms with E-state index in [9.17, 15) is 23.5 Å². The van der Waals surface area contributed by atoms with Crippen molar-refractivity contribution in [1.82, 2.24) is 19.3 Å². The molecule has 0 bridgehead atoms. The number of aromatic hydroxyl groups is 1. The van der Waals surface area contributed by atoms with Crippen molar-refractivity contribution >= 4 is 23.3 Å². The molecule has 4 aliphatic heterocycles. The number of anilines is 1. The van der Waals surface area contributed by atoms with Crippen molar-refractivity contribution in [2.75, 3.05) is 51.3 Å². The normalized spacial score (nSPS) is 18.3. The van der Waals surface area contributed by atoms with Crippen LogP contribution in [0.15, 0.2) is 101 Å². The Balaban J connectivity index is 1.21. The quantitative estimate of drug-likeness (QED) is 0.206. The lowest BCUT2D eigenvalue weighted by Crippen LogP contribution is -2.52. The lowest BCUT2D eigenvalue weighted by molar-refractivity contribution is 0.0193. The number of benzene rings is 3. The molecule has 1 atom stereocenters. The van der Waals surface area contributed by atoms with E-state index in [2.05, 4.69) is 16.0 Å². The van der Waals surface area contributed by atoms with Crippen molar-refractivity contribution in [3.05, 3.63) is 130 Å². The summed E-state index contributed by atoms with van der Waals surface area (Å²) >= 11 is 0. The highest BCUT2D eigenvalue weighted by Gasteiger charge is 2.35. The van der Waals surface area contributed by atoms with Crippen molar-refractivity contribution in [2.24, 2.45) is 4.99 Å². The summed E-state index contributed by atoms with van der Waals surface area (Å²) in [7, 11) is 1.93. The first-order chi connectivity index (χ1) is 27.0. The molecule has 0 saturated carbocycles. The van der Waals surface area contributed by atoms with Gasteiger partial charge in [0.05, 0.1) is 31.0 Å². The first kappa shape index (κ1) is 37.3. The number of hydrogen-bond donors (Lipinski definition) is 1. The summed E-state index contributed by atoms with van der Waals surface area (Å²) in [6.45, 7) is 5.08. The first-order valence-electron chi connectivity index (χ1n) is 18.8. The predicted octanol–water partition coefficient (Wildman–Crippen LogP) is 6.63. The number of likely N-dealkylation sites (N-methyl/N-ethyl adjacent to an activating group) is 1. The molecule has 10 nitrogen and oxygen atoms in total.